The van der Waals surface area contributed by atoms with Gasteiger partial charge < -0.3 is 14.5 Å². The van der Waals surface area contributed by atoms with E-state index >= 15 is 0 Å². The molecule has 0 aliphatic heterocycles. The first-order chi connectivity index (χ1) is 14.1. The van der Waals surface area contributed by atoms with Gasteiger partial charge in [-0.1, -0.05) is 12.1 Å². The molecule has 0 atom stereocenters. The molecule has 0 unspecified atom stereocenters. The number of aromatic nitrogens is 2. The maximum atomic E-state index is 12.6. The Kier molecular flexibility index (Phi) is 7.13. The fourth-order valence-corrected chi connectivity index (χ4v) is 3.80. The Morgan fingerprint density at radius 3 is 2.83 bits per heavy atom. The number of nitrogens with one attached hydrogen (secondary N) is 1. The molecular formula is C21H23N3O4S. The summed E-state index contributed by atoms with van der Waals surface area (Å²) in [6.45, 7) is 3.30. The summed E-state index contributed by atoms with van der Waals surface area (Å²) in [7, 11) is 1.33. The SMILES string of the molecule is COC(=O)c1ccoc1CSc1ccccc1C(=O)NCCCn1cc(C)cn1. The van der Waals surface area contributed by atoms with Crippen molar-refractivity contribution in [2.24, 2.45) is 0 Å². The van der Waals surface area contributed by atoms with Gasteiger partial charge in [0, 0.05) is 24.2 Å². The van der Waals surface area contributed by atoms with E-state index in [0.29, 0.717) is 29.2 Å². The zero-order valence-corrected chi connectivity index (χ0v) is 17.2. The minimum absolute atomic E-state index is 0.127. The minimum atomic E-state index is -0.437. The monoisotopic (exact) mass is 413 g/mol. The molecule has 3 aromatic rings. The normalized spacial score (nSPS) is 10.7. The standard InChI is InChI=1S/C21H23N3O4S/c1-15-12-23-24(13-15)10-5-9-22-20(25)17-6-3-4-7-19(17)29-14-18-16(8-11-28-18)21(26)27-2/h3-4,6-8,11-13H,5,9-10,14H2,1-2H3,(H,22,25). The Balaban J connectivity index is 1.56. The van der Waals surface area contributed by atoms with Crippen LogP contribution in [0.15, 0.2) is 58.3 Å². The number of methoxy groups -OCH3 is 1. The lowest BCUT2D eigenvalue weighted by Crippen LogP contribution is -2.25. The number of esters is 1. The van der Waals surface area contributed by atoms with Gasteiger partial charge >= 0.3 is 5.97 Å². The summed E-state index contributed by atoms with van der Waals surface area (Å²) in [5.74, 6) is 0.372. The molecule has 1 aromatic carbocycles. The zero-order chi connectivity index (χ0) is 20.6. The van der Waals surface area contributed by atoms with E-state index in [9.17, 15) is 9.59 Å². The number of nitrogens with zero attached hydrogens (tertiary/aromatic N) is 2. The van der Waals surface area contributed by atoms with Crippen LogP contribution in [-0.4, -0.2) is 35.3 Å². The fourth-order valence-electron chi connectivity index (χ4n) is 2.80. The van der Waals surface area contributed by atoms with Gasteiger partial charge in [-0.25, -0.2) is 4.79 Å². The smallest absolute Gasteiger partial charge is 0.341 e. The molecule has 0 aliphatic rings. The average Bonchev–Trinajstić information content (AvgIpc) is 3.38. The molecule has 8 heteroatoms. The Hall–Kier alpha value is -3.00. The van der Waals surface area contributed by atoms with Crippen molar-refractivity contribution in [1.29, 1.82) is 0 Å². The summed E-state index contributed by atoms with van der Waals surface area (Å²) in [6, 6.07) is 8.97. The van der Waals surface area contributed by atoms with Gasteiger partial charge in [-0.05, 0) is 37.1 Å². The summed E-state index contributed by atoms with van der Waals surface area (Å²) in [5.41, 5.74) is 2.11. The molecule has 29 heavy (non-hydrogen) atoms. The van der Waals surface area contributed by atoms with Gasteiger partial charge in [-0.15, -0.1) is 11.8 Å². The predicted octanol–water partition coefficient (Wildman–Crippen LogP) is 3.68. The number of aryl methyl sites for hydroxylation is 2. The molecule has 2 heterocycles. The van der Waals surface area contributed by atoms with E-state index in [1.54, 1.807) is 12.1 Å². The summed E-state index contributed by atoms with van der Waals surface area (Å²) >= 11 is 1.44. The van der Waals surface area contributed by atoms with Crippen LogP contribution in [0.1, 0.15) is 38.5 Å². The van der Waals surface area contributed by atoms with E-state index in [0.717, 1.165) is 23.4 Å². The van der Waals surface area contributed by atoms with Gasteiger partial charge in [0.2, 0.25) is 0 Å². The number of rotatable bonds is 9. The first kappa shape index (κ1) is 20.7. The van der Waals surface area contributed by atoms with E-state index in [-0.39, 0.29) is 5.91 Å². The molecule has 0 spiro atoms. The number of benzene rings is 1. The van der Waals surface area contributed by atoms with Crippen LogP contribution in [0.2, 0.25) is 0 Å². The van der Waals surface area contributed by atoms with Crippen molar-refractivity contribution in [3.8, 4) is 0 Å². The first-order valence-corrected chi connectivity index (χ1v) is 10.2. The number of ether oxygens (including phenoxy) is 1. The lowest BCUT2D eigenvalue weighted by molar-refractivity contribution is 0.0598. The molecule has 1 amide bonds. The van der Waals surface area contributed by atoms with Gasteiger partial charge in [0.1, 0.15) is 11.3 Å². The van der Waals surface area contributed by atoms with E-state index in [2.05, 4.69) is 10.4 Å². The van der Waals surface area contributed by atoms with Gasteiger partial charge in [0.15, 0.2) is 0 Å². The van der Waals surface area contributed by atoms with Crippen LogP contribution in [0.5, 0.6) is 0 Å². The Bertz CT molecular complexity index is 980. The molecule has 2 aromatic heterocycles. The zero-order valence-electron chi connectivity index (χ0n) is 16.4. The van der Waals surface area contributed by atoms with Crippen molar-refractivity contribution in [3.05, 3.63) is 71.4 Å². The second-order valence-electron chi connectivity index (χ2n) is 6.42. The number of furan rings is 1. The van der Waals surface area contributed by atoms with Crippen molar-refractivity contribution in [2.75, 3.05) is 13.7 Å². The third-order valence-electron chi connectivity index (χ3n) is 4.25. The second-order valence-corrected chi connectivity index (χ2v) is 7.44. The number of carbonyl (C=O) groups excluding carboxylic acids is 2. The van der Waals surface area contributed by atoms with Crippen LogP contribution in [0.3, 0.4) is 0 Å². The summed E-state index contributed by atoms with van der Waals surface area (Å²) in [4.78, 5) is 25.2. The number of thioether (sulfide) groups is 1. The predicted molar refractivity (Wildman–Crippen MR) is 110 cm³/mol. The largest absolute Gasteiger partial charge is 0.468 e. The number of carbonyl (C=O) groups is 2. The van der Waals surface area contributed by atoms with E-state index in [4.69, 9.17) is 9.15 Å². The second kappa shape index (κ2) is 9.97. The maximum absolute atomic E-state index is 12.6. The molecule has 152 valence electrons. The lowest BCUT2D eigenvalue weighted by atomic mass is 10.2. The van der Waals surface area contributed by atoms with Crippen molar-refractivity contribution in [2.45, 2.75) is 30.5 Å². The van der Waals surface area contributed by atoms with Crippen molar-refractivity contribution < 1.29 is 18.7 Å². The molecule has 0 fully saturated rings. The quantitative estimate of drug-likeness (QED) is 0.327. The molecule has 7 nitrogen and oxygen atoms in total. The van der Waals surface area contributed by atoms with Crippen LogP contribution in [0.4, 0.5) is 0 Å². The van der Waals surface area contributed by atoms with Crippen molar-refractivity contribution >= 4 is 23.6 Å². The molecule has 0 bridgehead atoms. The van der Waals surface area contributed by atoms with Gasteiger partial charge in [-0.3, -0.25) is 9.48 Å². The van der Waals surface area contributed by atoms with Crippen LogP contribution in [0.25, 0.3) is 0 Å². The van der Waals surface area contributed by atoms with E-state index in [1.165, 1.54) is 25.1 Å². The Labute approximate surface area is 173 Å². The molecule has 3 rings (SSSR count). The average molecular weight is 413 g/mol. The van der Waals surface area contributed by atoms with E-state index < -0.39 is 5.97 Å². The van der Waals surface area contributed by atoms with Gasteiger partial charge in [0.05, 0.1) is 30.9 Å². The Morgan fingerprint density at radius 2 is 2.07 bits per heavy atom. The summed E-state index contributed by atoms with van der Waals surface area (Å²) < 4.78 is 12.0. The third kappa shape index (κ3) is 5.51. The molecular weight excluding hydrogens is 390 g/mol. The highest BCUT2D eigenvalue weighted by atomic mass is 32.2. The van der Waals surface area contributed by atoms with Gasteiger partial charge in [0.25, 0.3) is 5.91 Å². The van der Waals surface area contributed by atoms with Crippen LogP contribution in [0, 0.1) is 6.92 Å². The highest BCUT2D eigenvalue weighted by Crippen LogP contribution is 2.28. The summed E-state index contributed by atoms with van der Waals surface area (Å²) in [5, 5.41) is 7.20. The van der Waals surface area contributed by atoms with Crippen molar-refractivity contribution in [3.63, 3.8) is 0 Å². The highest BCUT2D eigenvalue weighted by molar-refractivity contribution is 7.98. The molecule has 0 saturated heterocycles. The minimum Gasteiger partial charge on any atom is -0.468 e. The molecule has 0 aliphatic carbocycles. The lowest BCUT2D eigenvalue weighted by Gasteiger charge is -2.10. The molecule has 0 saturated carbocycles. The highest BCUT2D eigenvalue weighted by Gasteiger charge is 2.17. The topological polar surface area (TPSA) is 86.4 Å². The van der Waals surface area contributed by atoms with E-state index in [1.807, 2.05) is 42.2 Å². The molecule has 1 N–H and O–H groups in total. The van der Waals surface area contributed by atoms with Crippen LogP contribution < -0.4 is 5.32 Å². The van der Waals surface area contributed by atoms with Gasteiger partial charge in [-0.2, -0.15) is 5.10 Å². The molecule has 0 radical (unpaired) electrons. The van der Waals surface area contributed by atoms with Crippen LogP contribution in [-0.2, 0) is 17.0 Å². The van der Waals surface area contributed by atoms with Crippen molar-refractivity contribution in [1.82, 2.24) is 15.1 Å². The van der Waals surface area contributed by atoms with Crippen LogP contribution >= 0.6 is 11.8 Å². The maximum Gasteiger partial charge on any atom is 0.341 e. The fraction of sp³-hybridized carbons (Fsp3) is 0.286. The first-order valence-electron chi connectivity index (χ1n) is 9.22. The number of hydrogen-bond donors (Lipinski definition) is 1. The number of amides is 1. The summed E-state index contributed by atoms with van der Waals surface area (Å²) in [6.07, 6.45) is 6.04. The Morgan fingerprint density at radius 1 is 1.24 bits per heavy atom. The third-order valence-corrected chi connectivity index (χ3v) is 5.33. The number of hydrogen-bond acceptors (Lipinski definition) is 6.